The highest BCUT2D eigenvalue weighted by Gasteiger charge is 2.09. The van der Waals surface area contributed by atoms with Crippen LogP contribution in [-0.2, 0) is 0 Å². The number of nitrogens with two attached hydrogens (primary N) is 2. The van der Waals surface area contributed by atoms with Crippen LogP contribution >= 0.6 is 0 Å². The van der Waals surface area contributed by atoms with Gasteiger partial charge in [0.1, 0.15) is 0 Å². The third-order valence-corrected chi connectivity index (χ3v) is 1.27. The van der Waals surface area contributed by atoms with Gasteiger partial charge in [-0.15, -0.1) is 0 Å². The molecule has 0 heterocycles. The van der Waals surface area contributed by atoms with Crippen molar-refractivity contribution in [2.24, 2.45) is 22.4 Å². The molecule has 0 aromatic heterocycles. The molecule has 0 saturated carbocycles. The Balaban J connectivity index is 3.96. The summed E-state index contributed by atoms with van der Waals surface area (Å²) < 4.78 is 0. The minimum atomic E-state index is -0.162. The van der Waals surface area contributed by atoms with E-state index in [-0.39, 0.29) is 24.5 Å². The predicted octanol–water partition coefficient (Wildman–Crippen LogP) is -0.723. The molecule has 60 valence electrons. The fourth-order valence-electron chi connectivity index (χ4n) is 0.592. The SMILES string of the molecule is CC(C)[C@@H](CO)N=C(N)N. The summed E-state index contributed by atoms with van der Waals surface area (Å²) in [5.74, 6) is 0.305. The Morgan fingerprint density at radius 1 is 1.50 bits per heavy atom. The Labute approximate surface area is 60.9 Å². The van der Waals surface area contributed by atoms with E-state index >= 15 is 0 Å². The molecule has 4 nitrogen and oxygen atoms in total. The third-order valence-electron chi connectivity index (χ3n) is 1.27. The highest BCUT2D eigenvalue weighted by atomic mass is 16.3. The van der Waals surface area contributed by atoms with Gasteiger partial charge in [0.05, 0.1) is 12.6 Å². The molecule has 0 rings (SSSR count). The molecule has 0 fully saturated rings. The van der Waals surface area contributed by atoms with Crippen LogP contribution in [0.1, 0.15) is 13.8 Å². The average molecular weight is 145 g/mol. The fourth-order valence-corrected chi connectivity index (χ4v) is 0.592. The van der Waals surface area contributed by atoms with Crippen molar-refractivity contribution in [2.75, 3.05) is 6.61 Å². The number of aliphatic imine (C=N–C) groups is 1. The molecule has 0 aliphatic heterocycles. The molecule has 0 aromatic carbocycles. The highest BCUT2D eigenvalue weighted by Crippen LogP contribution is 2.03. The maximum Gasteiger partial charge on any atom is 0.186 e. The van der Waals surface area contributed by atoms with E-state index in [1.165, 1.54) is 0 Å². The lowest BCUT2D eigenvalue weighted by Crippen LogP contribution is -2.29. The molecule has 0 aliphatic rings. The maximum absolute atomic E-state index is 8.73. The summed E-state index contributed by atoms with van der Waals surface area (Å²) in [4.78, 5) is 3.82. The Bertz CT molecular complexity index is 118. The summed E-state index contributed by atoms with van der Waals surface area (Å²) in [6.07, 6.45) is 0. The first-order valence-electron chi connectivity index (χ1n) is 3.27. The molecule has 10 heavy (non-hydrogen) atoms. The standard InChI is InChI=1S/C6H15N3O/c1-4(2)5(3-10)9-6(7)8/h4-5,10H,3H2,1-2H3,(H4,7,8,9)/t5-/m1/s1. The molecular weight excluding hydrogens is 130 g/mol. The van der Waals surface area contributed by atoms with Crippen molar-refractivity contribution in [1.82, 2.24) is 0 Å². The molecule has 0 saturated heterocycles. The maximum atomic E-state index is 8.73. The number of rotatable bonds is 3. The first-order valence-corrected chi connectivity index (χ1v) is 3.27. The van der Waals surface area contributed by atoms with Gasteiger partial charge in [0.2, 0.25) is 0 Å². The zero-order valence-electron chi connectivity index (χ0n) is 6.41. The van der Waals surface area contributed by atoms with Crippen LogP contribution < -0.4 is 11.5 Å². The molecule has 0 spiro atoms. The van der Waals surface area contributed by atoms with Gasteiger partial charge in [0.25, 0.3) is 0 Å². The van der Waals surface area contributed by atoms with Crippen LogP contribution in [0.3, 0.4) is 0 Å². The van der Waals surface area contributed by atoms with E-state index in [4.69, 9.17) is 16.6 Å². The van der Waals surface area contributed by atoms with Crippen molar-refractivity contribution >= 4 is 5.96 Å². The summed E-state index contributed by atoms with van der Waals surface area (Å²) in [6.45, 7) is 3.90. The number of guanidine groups is 1. The Hall–Kier alpha value is -0.770. The molecule has 0 aliphatic carbocycles. The van der Waals surface area contributed by atoms with Gasteiger partial charge in [-0.1, -0.05) is 13.8 Å². The zero-order valence-corrected chi connectivity index (χ0v) is 6.41. The molecule has 5 N–H and O–H groups in total. The number of nitrogens with zero attached hydrogens (tertiary/aromatic N) is 1. The molecular formula is C6H15N3O. The van der Waals surface area contributed by atoms with Crippen molar-refractivity contribution in [3.05, 3.63) is 0 Å². The summed E-state index contributed by atoms with van der Waals surface area (Å²) in [5.41, 5.74) is 10.2. The largest absolute Gasteiger partial charge is 0.394 e. The van der Waals surface area contributed by atoms with E-state index in [1.807, 2.05) is 13.8 Å². The first-order chi connectivity index (χ1) is 4.57. The fraction of sp³-hybridized carbons (Fsp3) is 0.833. The lowest BCUT2D eigenvalue weighted by Gasteiger charge is -2.12. The van der Waals surface area contributed by atoms with Crippen molar-refractivity contribution in [3.63, 3.8) is 0 Å². The minimum Gasteiger partial charge on any atom is -0.394 e. The van der Waals surface area contributed by atoms with Gasteiger partial charge >= 0.3 is 0 Å². The summed E-state index contributed by atoms with van der Waals surface area (Å²) in [6, 6.07) is -0.162. The van der Waals surface area contributed by atoms with Gasteiger partial charge in [-0.25, -0.2) is 4.99 Å². The van der Waals surface area contributed by atoms with Crippen LogP contribution in [0.4, 0.5) is 0 Å². The molecule has 0 bridgehead atoms. The lowest BCUT2D eigenvalue weighted by molar-refractivity contribution is 0.239. The number of aliphatic hydroxyl groups excluding tert-OH is 1. The van der Waals surface area contributed by atoms with Crippen LogP contribution in [0.5, 0.6) is 0 Å². The second kappa shape index (κ2) is 4.11. The van der Waals surface area contributed by atoms with E-state index in [2.05, 4.69) is 4.99 Å². The minimum absolute atomic E-state index is 0.00440. The van der Waals surface area contributed by atoms with Gasteiger partial charge in [-0.3, -0.25) is 0 Å². The van der Waals surface area contributed by atoms with Crippen molar-refractivity contribution < 1.29 is 5.11 Å². The highest BCUT2D eigenvalue weighted by molar-refractivity contribution is 5.75. The van der Waals surface area contributed by atoms with Crippen LogP contribution in [0.25, 0.3) is 0 Å². The number of aliphatic hydroxyl groups is 1. The van der Waals surface area contributed by atoms with E-state index in [0.29, 0.717) is 0 Å². The lowest BCUT2D eigenvalue weighted by atomic mass is 10.1. The van der Waals surface area contributed by atoms with Gasteiger partial charge in [0.15, 0.2) is 5.96 Å². The van der Waals surface area contributed by atoms with Gasteiger partial charge < -0.3 is 16.6 Å². The van der Waals surface area contributed by atoms with Crippen molar-refractivity contribution in [3.8, 4) is 0 Å². The Morgan fingerprint density at radius 2 is 2.00 bits per heavy atom. The Morgan fingerprint density at radius 3 is 2.10 bits per heavy atom. The predicted molar refractivity (Wildman–Crippen MR) is 41.5 cm³/mol. The average Bonchev–Trinajstić information content (AvgIpc) is 1.81. The second-order valence-electron chi connectivity index (χ2n) is 2.55. The summed E-state index contributed by atoms with van der Waals surface area (Å²) in [5, 5.41) is 8.73. The van der Waals surface area contributed by atoms with E-state index in [0.717, 1.165) is 0 Å². The summed E-state index contributed by atoms with van der Waals surface area (Å²) >= 11 is 0. The molecule has 0 unspecified atom stereocenters. The van der Waals surface area contributed by atoms with Gasteiger partial charge in [0, 0.05) is 0 Å². The first kappa shape index (κ1) is 9.23. The van der Waals surface area contributed by atoms with Crippen LogP contribution in [-0.4, -0.2) is 23.7 Å². The van der Waals surface area contributed by atoms with E-state index in [9.17, 15) is 0 Å². The van der Waals surface area contributed by atoms with E-state index < -0.39 is 0 Å². The van der Waals surface area contributed by atoms with E-state index in [1.54, 1.807) is 0 Å². The third kappa shape index (κ3) is 3.29. The van der Waals surface area contributed by atoms with Gasteiger partial charge in [-0.2, -0.15) is 0 Å². The summed E-state index contributed by atoms with van der Waals surface area (Å²) in [7, 11) is 0. The number of hydrogen-bond donors (Lipinski definition) is 3. The van der Waals surface area contributed by atoms with Crippen LogP contribution in [0.15, 0.2) is 4.99 Å². The normalized spacial score (nSPS) is 13.2. The molecule has 1 atom stereocenters. The zero-order chi connectivity index (χ0) is 8.15. The molecule has 0 aromatic rings. The van der Waals surface area contributed by atoms with Crippen LogP contribution in [0.2, 0.25) is 0 Å². The van der Waals surface area contributed by atoms with Crippen LogP contribution in [0, 0.1) is 5.92 Å². The quantitative estimate of drug-likeness (QED) is 0.362. The molecule has 0 amide bonds. The second-order valence-corrected chi connectivity index (χ2v) is 2.55. The topological polar surface area (TPSA) is 84.6 Å². The monoisotopic (exact) mass is 145 g/mol. The smallest absolute Gasteiger partial charge is 0.186 e. The Kier molecular flexibility index (Phi) is 3.79. The van der Waals surface area contributed by atoms with Gasteiger partial charge in [-0.05, 0) is 5.92 Å². The van der Waals surface area contributed by atoms with Crippen molar-refractivity contribution in [2.45, 2.75) is 19.9 Å². The molecule has 0 radical (unpaired) electrons. The number of hydrogen-bond acceptors (Lipinski definition) is 2. The van der Waals surface area contributed by atoms with Crippen molar-refractivity contribution in [1.29, 1.82) is 0 Å². The molecule has 4 heteroatoms.